The fourth-order valence-electron chi connectivity index (χ4n) is 2.43. The van der Waals surface area contributed by atoms with Gasteiger partial charge in [-0.1, -0.05) is 12.1 Å². The first kappa shape index (κ1) is 13.8. The number of anilines is 1. The molecule has 0 bridgehead atoms. The van der Waals surface area contributed by atoms with Crippen LogP contribution in [0.5, 0.6) is 0 Å². The van der Waals surface area contributed by atoms with E-state index >= 15 is 0 Å². The van der Waals surface area contributed by atoms with E-state index < -0.39 is 0 Å². The molecule has 0 saturated heterocycles. The lowest BCUT2D eigenvalue weighted by Crippen LogP contribution is -1.94. The molecule has 0 aliphatic rings. The van der Waals surface area contributed by atoms with Crippen LogP contribution in [0.15, 0.2) is 60.1 Å². The van der Waals surface area contributed by atoms with Gasteiger partial charge in [0.2, 0.25) is 0 Å². The van der Waals surface area contributed by atoms with Crippen LogP contribution in [0, 0.1) is 0 Å². The molecular formula is C16H14N6S. The minimum absolute atomic E-state index is 0.876. The molecule has 6 nitrogen and oxygen atoms in total. The van der Waals surface area contributed by atoms with Gasteiger partial charge in [0.15, 0.2) is 0 Å². The number of hydrogen-bond acceptors (Lipinski definition) is 5. The Hall–Kier alpha value is -2.80. The molecule has 2 N–H and O–H groups in total. The third kappa shape index (κ3) is 2.66. The van der Waals surface area contributed by atoms with Crippen molar-refractivity contribution in [2.45, 2.75) is 4.90 Å². The predicted molar refractivity (Wildman–Crippen MR) is 92.0 cm³/mol. The zero-order valence-corrected chi connectivity index (χ0v) is 13.2. The maximum atomic E-state index is 4.45. The first-order valence-corrected chi connectivity index (χ1v) is 7.91. The smallest absolute Gasteiger partial charge is 0.0924 e. The van der Waals surface area contributed by atoms with Crippen LogP contribution in [-0.2, 0) is 7.05 Å². The summed E-state index contributed by atoms with van der Waals surface area (Å²) in [6, 6.07) is 10.1. The van der Waals surface area contributed by atoms with E-state index in [-0.39, 0.29) is 0 Å². The number of fused-ring (bicyclic) bond motifs is 1. The van der Waals surface area contributed by atoms with Gasteiger partial charge >= 0.3 is 0 Å². The standard InChI is InChI=1S/C16H14N6S/c1-22-16-11(7-20-22)3-2-4-14(16)21-23-12-5-6-13(18-8-12)15-9-17-10-19-15/h2-10,21H,1H3,(H,17,19). The molecule has 4 aromatic rings. The van der Waals surface area contributed by atoms with Crippen molar-refractivity contribution in [3.05, 3.63) is 55.2 Å². The Morgan fingerprint density at radius 1 is 1.13 bits per heavy atom. The average Bonchev–Trinajstić information content (AvgIpc) is 3.24. The van der Waals surface area contributed by atoms with Gasteiger partial charge in [-0.05, 0) is 30.1 Å². The molecule has 0 fully saturated rings. The summed E-state index contributed by atoms with van der Waals surface area (Å²) < 4.78 is 5.25. The van der Waals surface area contributed by atoms with E-state index in [0.29, 0.717) is 0 Å². The van der Waals surface area contributed by atoms with Gasteiger partial charge in [0.05, 0.1) is 41.3 Å². The maximum absolute atomic E-state index is 4.45. The molecular weight excluding hydrogens is 308 g/mol. The molecule has 3 aromatic heterocycles. The van der Waals surface area contributed by atoms with E-state index in [4.69, 9.17) is 0 Å². The summed E-state index contributed by atoms with van der Waals surface area (Å²) in [4.78, 5) is 12.5. The fourth-order valence-corrected chi connectivity index (χ4v) is 3.06. The first-order chi connectivity index (χ1) is 11.3. The van der Waals surface area contributed by atoms with E-state index in [2.05, 4.69) is 30.8 Å². The second-order valence-electron chi connectivity index (χ2n) is 5.06. The van der Waals surface area contributed by atoms with Gasteiger partial charge in [-0.15, -0.1) is 0 Å². The highest BCUT2D eigenvalue weighted by Crippen LogP contribution is 2.28. The molecule has 0 radical (unpaired) electrons. The second-order valence-corrected chi connectivity index (χ2v) is 5.94. The number of nitrogens with zero attached hydrogens (tertiary/aromatic N) is 4. The molecule has 7 heteroatoms. The van der Waals surface area contributed by atoms with Crippen molar-refractivity contribution in [2.24, 2.45) is 7.05 Å². The quantitative estimate of drug-likeness (QED) is 0.563. The Kier molecular flexibility index (Phi) is 3.47. The van der Waals surface area contributed by atoms with E-state index in [0.717, 1.165) is 32.9 Å². The lowest BCUT2D eigenvalue weighted by molar-refractivity contribution is 0.798. The number of aryl methyl sites for hydroxylation is 1. The van der Waals surface area contributed by atoms with Crippen LogP contribution in [0.25, 0.3) is 22.3 Å². The molecule has 4 rings (SSSR count). The van der Waals surface area contributed by atoms with Crippen molar-refractivity contribution in [3.8, 4) is 11.4 Å². The number of benzene rings is 1. The Morgan fingerprint density at radius 2 is 2.09 bits per heavy atom. The number of H-pyrrole nitrogens is 1. The van der Waals surface area contributed by atoms with Crippen molar-refractivity contribution in [1.82, 2.24) is 24.7 Å². The van der Waals surface area contributed by atoms with Crippen LogP contribution in [0.1, 0.15) is 0 Å². The van der Waals surface area contributed by atoms with E-state index in [1.807, 2.05) is 48.4 Å². The van der Waals surface area contributed by atoms with Crippen LogP contribution in [-0.4, -0.2) is 24.7 Å². The van der Waals surface area contributed by atoms with Gasteiger partial charge in [-0.25, -0.2) is 4.98 Å². The summed E-state index contributed by atoms with van der Waals surface area (Å²) in [5, 5.41) is 5.41. The topological polar surface area (TPSA) is 71.4 Å². The molecule has 1 aromatic carbocycles. The van der Waals surface area contributed by atoms with E-state index in [1.165, 1.54) is 11.9 Å². The molecule has 0 atom stereocenters. The Balaban J connectivity index is 1.53. The van der Waals surface area contributed by atoms with Crippen LogP contribution in [0.3, 0.4) is 0 Å². The largest absolute Gasteiger partial charge is 0.343 e. The van der Waals surface area contributed by atoms with Gasteiger partial charge in [0.1, 0.15) is 0 Å². The summed E-state index contributed by atoms with van der Waals surface area (Å²) in [6.45, 7) is 0. The first-order valence-electron chi connectivity index (χ1n) is 7.09. The van der Waals surface area contributed by atoms with Crippen LogP contribution < -0.4 is 4.72 Å². The lowest BCUT2D eigenvalue weighted by atomic mass is 10.2. The highest BCUT2D eigenvalue weighted by atomic mass is 32.2. The third-order valence-corrected chi connectivity index (χ3v) is 4.35. The monoisotopic (exact) mass is 322 g/mol. The molecule has 0 spiro atoms. The van der Waals surface area contributed by atoms with Crippen molar-refractivity contribution in [3.63, 3.8) is 0 Å². The van der Waals surface area contributed by atoms with Gasteiger partial charge in [-0.2, -0.15) is 5.10 Å². The molecule has 0 unspecified atom stereocenters. The maximum Gasteiger partial charge on any atom is 0.0924 e. The zero-order chi connectivity index (χ0) is 15.6. The molecule has 3 heterocycles. The predicted octanol–water partition coefficient (Wildman–Crippen LogP) is 3.48. The number of imidazole rings is 1. The van der Waals surface area contributed by atoms with Crippen molar-refractivity contribution >= 4 is 28.5 Å². The molecule has 0 aliphatic carbocycles. The highest BCUT2D eigenvalue weighted by molar-refractivity contribution is 8.00. The normalized spacial score (nSPS) is 11.0. The fraction of sp³-hybridized carbons (Fsp3) is 0.0625. The number of para-hydroxylation sites is 1. The van der Waals surface area contributed by atoms with Gasteiger partial charge in [0.25, 0.3) is 0 Å². The van der Waals surface area contributed by atoms with Crippen LogP contribution in [0.4, 0.5) is 5.69 Å². The van der Waals surface area contributed by atoms with Gasteiger partial charge in [0, 0.05) is 23.5 Å². The van der Waals surface area contributed by atoms with Crippen molar-refractivity contribution in [1.29, 1.82) is 0 Å². The number of hydrogen-bond donors (Lipinski definition) is 2. The van der Waals surface area contributed by atoms with Crippen LogP contribution in [0.2, 0.25) is 0 Å². The SMILES string of the molecule is Cn1ncc2cccc(NSc3ccc(-c4cnc[nH]4)nc3)c21. The van der Waals surface area contributed by atoms with Gasteiger partial charge in [-0.3, -0.25) is 9.67 Å². The molecule has 0 aliphatic heterocycles. The third-order valence-electron chi connectivity index (χ3n) is 3.55. The Bertz CT molecular complexity index is 927. The summed E-state index contributed by atoms with van der Waals surface area (Å²) in [5.41, 5.74) is 3.90. The molecule has 0 saturated carbocycles. The Labute approximate surface area is 137 Å². The molecule has 23 heavy (non-hydrogen) atoms. The number of nitrogens with one attached hydrogen (secondary N) is 2. The highest BCUT2D eigenvalue weighted by Gasteiger charge is 2.06. The minimum Gasteiger partial charge on any atom is -0.343 e. The summed E-state index contributed by atoms with van der Waals surface area (Å²) in [5.74, 6) is 0. The number of aromatic amines is 1. The molecule has 0 amide bonds. The molecule has 114 valence electrons. The van der Waals surface area contributed by atoms with Crippen molar-refractivity contribution in [2.75, 3.05) is 4.72 Å². The van der Waals surface area contributed by atoms with Gasteiger partial charge < -0.3 is 9.71 Å². The summed E-state index contributed by atoms with van der Waals surface area (Å²) in [7, 11) is 1.94. The Morgan fingerprint density at radius 3 is 2.87 bits per heavy atom. The number of pyridine rings is 1. The average molecular weight is 322 g/mol. The second kappa shape index (κ2) is 5.77. The lowest BCUT2D eigenvalue weighted by Gasteiger charge is -2.08. The number of aromatic nitrogens is 5. The van der Waals surface area contributed by atoms with Crippen molar-refractivity contribution < 1.29 is 0 Å². The van der Waals surface area contributed by atoms with Crippen LogP contribution >= 0.6 is 11.9 Å². The number of rotatable bonds is 4. The summed E-state index contributed by atoms with van der Waals surface area (Å²) in [6.07, 6.45) is 7.12. The summed E-state index contributed by atoms with van der Waals surface area (Å²) >= 11 is 1.53. The zero-order valence-electron chi connectivity index (χ0n) is 12.4. The minimum atomic E-state index is 0.876. The van der Waals surface area contributed by atoms with E-state index in [1.54, 1.807) is 12.5 Å². The van der Waals surface area contributed by atoms with E-state index in [9.17, 15) is 0 Å².